The second-order valence-corrected chi connectivity index (χ2v) is 24.2. The van der Waals surface area contributed by atoms with E-state index in [0.29, 0.717) is 0 Å². The lowest BCUT2D eigenvalue weighted by molar-refractivity contribution is 0.496. The Morgan fingerprint density at radius 3 is 1.58 bits per heavy atom. The molecule has 0 saturated carbocycles. The maximum absolute atomic E-state index is 6.92. The molecule has 0 spiro atoms. The van der Waals surface area contributed by atoms with E-state index in [1.54, 1.807) is 0 Å². The van der Waals surface area contributed by atoms with Crippen LogP contribution in [-0.2, 0) is 10.8 Å². The summed E-state index contributed by atoms with van der Waals surface area (Å²) in [5, 5.41) is 2.26. The minimum atomic E-state index is -0.566. The van der Waals surface area contributed by atoms with E-state index in [1.807, 2.05) is 0 Å². The van der Waals surface area contributed by atoms with Gasteiger partial charge in [0, 0.05) is 51.0 Å². The van der Waals surface area contributed by atoms with Crippen LogP contribution in [0.25, 0.3) is 66.5 Å². The largest absolute Gasteiger partial charge is 0.456 e. The van der Waals surface area contributed by atoms with Gasteiger partial charge in [-0.3, -0.25) is 0 Å². The molecule has 400 valence electrons. The fourth-order valence-corrected chi connectivity index (χ4v) is 16.5. The maximum Gasteiger partial charge on any atom is 0.137 e. The molecule has 0 saturated heterocycles. The molecule has 3 nitrogen and oxygen atoms in total. The van der Waals surface area contributed by atoms with Crippen molar-refractivity contribution in [2.45, 2.75) is 44.1 Å². The van der Waals surface area contributed by atoms with Crippen LogP contribution in [0.2, 0.25) is 0 Å². The number of anilines is 4. The molecule has 3 aliphatic carbocycles. The zero-order chi connectivity index (χ0) is 56.1. The second-order valence-electron chi connectivity index (χ2n) is 24.2. The molecule has 0 radical (unpaired) electrons. The van der Waals surface area contributed by atoms with Crippen LogP contribution in [0.1, 0.15) is 66.6 Å². The summed E-state index contributed by atoms with van der Waals surface area (Å²) in [6.45, 7) is 10.0. The molecule has 1 aromatic heterocycles. The number of furan rings is 1. The van der Waals surface area contributed by atoms with Crippen molar-refractivity contribution in [1.82, 2.24) is 0 Å². The summed E-state index contributed by atoms with van der Waals surface area (Å²) in [6.07, 6.45) is 2.66. The first-order valence-corrected chi connectivity index (χ1v) is 29.8. The van der Waals surface area contributed by atoms with E-state index in [4.69, 9.17) is 4.42 Å². The maximum atomic E-state index is 6.92. The van der Waals surface area contributed by atoms with Gasteiger partial charge in [0.25, 0.3) is 0 Å². The number of hydrogen-bond donors (Lipinski definition) is 0. The topological polar surface area (TPSA) is 19.6 Å². The highest BCUT2D eigenvalue weighted by atomic mass is 16.3. The fourth-order valence-electron chi connectivity index (χ4n) is 16.5. The summed E-state index contributed by atoms with van der Waals surface area (Å²) in [5.41, 5.74) is 28.0. The summed E-state index contributed by atoms with van der Waals surface area (Å²) in [6, 6.07) is 102. The number of hydrogen-bond acceptors (Lipinski definition) is 3. The molecule has 4 bridgehead atoms. The van der Waals surface area contributed by atoms with Gasteiger partial charge in [0.1, 0.15) is 11.2 Å². The lowest BCUT2D eigenvalue weighted by Gasteiger charge is -2.55. The molecule has 5 aliphatic rings. The predicted molar refractivity (Wildman–Crippen MR) is 348 cm³/mol. The van der Waals surface area contributed by atoms with Crippen LogP contribution < -0.4 is 9.80 Å². The molecule has 84 heavy (non-hydrogen) atoms. The van der Waals surface area contributed by atoms with Gasteiger partial charge in [-0.25, -0.2) is 0 Å². The van der Waals surface area contributed by atoms with E-state index in [0.717, 1.165) is 38.9 Å². The van der Waals surface area contributed by atoms with Gasteiger partial charge in [-0.05, 0) is 170 Å². The van der Waals surface area contributed by atoms with Gasteiger partial charge >= 0.3 is 0 Å². The molecule has 12 aromatic rings. The average molecular weight is 1080 g/mol. The minimum absolute atomic E-state index is 0.0103. The van der Waals surface area contributed by atoms with Crippen molar-refractivity contribution in [3.8, 4) is 33.4 Å². The van der Waals surface area contributed by atoms with Gasteiger partial charge in [0.05, 0.1) is 22.0 Å². The number of rotatable bonds is 7. The summed E-state index contributed by atoms with van der Waals surface area (Å²) in [5.74, 6) is -0.0554. The zero-order valence-electron chi connectivity index (χ0n) is 47.5. The van der Waals surface area contributed by atoms with E-state index in [1.165, 1.54) is 106 Å². The van der Waals surface area contributed by atoms with Gasteiger partial charge in [-0.15, -0.1) is 0 Å². The van der Waals surface area contributed by atoms with Crippen molar-refractivity contribution >= 4 is 55.8 Å². The van der Waals surface area contributed by atoms with Gasteiger partial charge in [0.15, 0.2) is 0 Å². The van der Waals surface area contributed by atoms with Crippen molar-refractivity contribution in [3.05, 3.63) is 335 Å². The van der Waals surface area contributed by atoms with Gasteiger partial charge in [-0.2, -0.15) is 0 Å². The molecule has 4 atom stereocenters. The number of fused-ring (bicyclic) bond motifs is 10. The molecule has 11 aromatic carbocycles. The molecule has 0 amide bonds. The average Bonchev–Trinajstić information content (AvgIpc) is 1.37. The Labute approximate surface area is 491 Å². The summed E-state index contributed by atoms with van der Waals surface area (Å²) >= 11 is 0. The summed E-state index contributed by atoms with van der Waals surface area (Å²) < 4.78 is 6.92. The smallest absolute Gasteiger partial charge is 0.137 e. The summed E-state index contributed by atoms with van der Waals surface area (Å²) in [4.78, 5) is 5.29. The van der Waals surface area contributed by atoms with Crippen LogP contribution in [0.5, 0.6) is 0 Å². The Balaban J connectivity index is 0.889. The van der Waals surface area contributed by atoms with Crippen molar-refractivity contribution in [2.24, 2.45) is 11.8 Å². The predicted octanol–water partition coefficient (Wildman–Crippen LogP) is 20.7. The van der Waals surface area contributed by atoms with Gasteiger partial charge in [-0.1, -0.05) is 226 Å². The van der Waals surface area contributed by atoms with E-state index in [-0.39, 0.29) is 11.8 Å². The standard InChI is InChI=1S/C81H60N2O/c1-51-74(55-25-12-6-13-26-55)78-52(2)76-77(51)80(4)69(65-33-20-21-34-70(65)83(80)62-31-18-9-19-32-62)50-79(76,3)60-41-46-72-66(49-60)75-71(35-22-36-73(75)84-72)82(78)61-42-37-54(38-43-61)57-40-45-64-63-44-39-56(53-23-10-5-11-24-53)47-67(63)81(68(64)48-57,58-27-14-7-15-28-58)59-29-16-8-17-30-59/h5-52H,1-4H3. The molecule has 3 heterocycles. The quantitative estimate of drug-likeness (QED) is 0.148. The van der Waals surface area contributed by atoms with Gasteiger partial charge in [0.2, 0.25) is 0 Å². The Morgan fingerprint density at radius 2 is 0.940 bits per heavy atom. The van der Waals surface area contributed by atoms with Crippen molar-refractivity contribution in [1.29, 1.82) is 0 Å². The number of allylic oxidation sites excluding steroid dienone is 3. The Kier molecular flexibility index (Phi) is 10.5. The minimum Gasteiger partial charge on any atom is -0.456 e. The Hall–Kier alpha value is -9.96. The van der Waals surface area contributed by atoms with Gasteiger partial charge < -0.3 is 14.2 Å². The van der Waals surface area contributed by atoms with Crippen LogP contribution in [0.3, 0.4) is 0 Å². The highest BCUT2D eigenvalue weighted by Gasteiger charge is 2.58. The lowest BCUT2D eigenvalue weighted by atomic mass is 9.54. The molecule has 2 aliphatic heterocycles. The molecular formula is C81H60N2O. The second kappa shape index (κ2) is 18.0. The van der Waals surface area contributed by atoms with Crippen molar-refractivity contribution < 1.29 is 4.42 Å². The summed E-state index contributed by atoms with van der Waals surface area (Å²) in [7, 11) is 0. The Bertz CT molecular complexity index is 4730. The third-order valence-corrected chi connectivity index (χ3v) is 20.0. The SMILES string of the molecule is CC1C2=C(c3ccccc3)C(C)C3=C1C(C)(C=C1c4ccccc4N(c4ccccc4)C13C)c1ccc3oc4cccc(c4c3c1)N2c1ccc(-c2ccc3c(c2)C(c2ccccc2)(c2ccccc2)c2cc(-c4ccccc4)ccc2-3)cc1. The molecule has 0 fully saturated rings. The van der Waals surface area contributed by atoms with Crippen LogP contribution in [-0.4, -0.2) is 5.54 Å². The third-order valence-electron chi connectivity index (χ3n) is 20.0. The molecule has 3 heteroatoms. The van der Waals surface area contributed by atoms with Crippen LogP contribution in [0.4, 0.5) is 22.7 Å². The van der Waals surface area contributed by atoms with E-state index in [2.05, 4.69) is 317 Å². The van der Waals surface area contributed by atoms with Crippen molar-refractivity contribution in [3.63, 3.8) is 0 Å². The lowest BCUT2D eigenvalue weighted by Crippen LogP contribution is -2.52. The van der Waals surface area contributed by atoms with E-state index < -0.39 is 16.4 Å². The molecule has 0 N–H and O–H groups in total. The number of benzene rings is 11. The van der Waals surface area contributed by atoms with Crippen LogP contribution in [0, 0.1) is 11.8 Å². The monoisotopic (exact) mass is 1080 g/mol. The zero-order valence-corrected chi connectivity index (χ0v) is 47.5. The highest BCUT2D eigenvalue weighted by Crippen LogP contribution is 2.67. The van der Waals surface area contributed by atoms with Crippen LogP contribution >= 0.6 is 0 Å². The first-order valence-electron chi connectivity index (χ1n) is 29.8. The molecule has 17 rings (SSSR count). The van der Waals surface area contributed by atoms with E-state index in [9.17, 15) is 0 Å². The molecule has 4 unspecified atom stereocenters. The number of para-hydroxylation sites is 2. The third kappa shape index (κ3) is 6.58. The first-order chi connectivity index (χ1) is 41.2. The Morgan fingerprint density at radius 1 is 0.393 bits per heavy atom. The number of nitrogens with zero attached hydrogens (tertiary/aromatic N) is 2. The molecular weight excluding hydrogens is 1020 g/mol. The first kappa shape index (κ1) is 48.7. The normalized spacial score (nSPS) is 20.5. The van der Waals surface area contributed by atoms with E-state index >= 15 is 0 Å². The fraction of sp³-hybridized carbons (Fsp3) is 0.111. The highest BCUT2D eigenvalue weighted by molar-refractivity contribution is 6.14. The van der Waals surface area contributed by atoms with Crippen molar-refractivity contribution in [2.75, 3.05) is 9.80 Å². The van der Waals surface area contributed by atoms with Crippen LogP contribution in [0.15, 0.2) is 300 Å².